The van der Waals surface area contributed by atoms with Crippen molar-refractivity contribution in [3.63, 3.8) is 0 Å². The Hall–Kier alpha value is -1.59. The molecule has 0 unspecified atom stereocenters. The summed E-state index contributed by atoms with van der Waals surface area (Å²) < 4.78 is 15.9. The summed E-state index contributed by atoms with van der Waals surface area (Å²) in [6, 6.07) is 5.85. The molecule has 5 heteroatoms. The minimum atomic E-state index is 0.0705. The average Bonchev–Trinajstić information content (AvgIpc) is 2.46. The Morgan fingerprint density at radius 3 is 2.90 bits per heavy atom. The van der Waals surface area contributed by atoms with Gasteiger partial charge in [0.15, 0.2) is 0 Å². The monoisotopic (exact) mass is 279 g/mol. The van der Waals surface area contributed by atoms with Crippen molar-refractivity contribution in [3.8, 4) is 5.75 Å². The summed E-state index contributed by atoms with van der Waals surface area (Å²) in [6.07, 6.45) is 2.19. The molecule has 0 saturated carbocycles. The molecule has 0 saturated heterocycles. The lowest BCUT2D eigenvalue weighted by molar-refractivity contribution is -0.116. The summed E-state index contributed by atoms with van der Waals surface area (Å²) >= 11 is 0. The van der Waals surface area contributed by atoms with Gasteiger partial charge in [-0.15, -0.1) is 0 Å². The zero-order chi connectivity index (χ0) is 14.2. The van der Waals surface area contributed by atoms with Crippen LogP contribution in [0.4, 0.5) is 5.69 Å². The molecule has 0 bridgehead atoms. The highest BCUT2D eigenvalue weighted by atomic mass is 16.5. The van der Waals surface area contributed by atoms with Gasteiger partial charge >= 0.3 is 0 Å². The van der Waals surface area contributed by atoms with Crippen molar-refractivity contribution in [2.75, 3.05) is 38.9 Å². The van der Waals surface area contributed by atoms with Gasteiger partial charge in [-0.3, -0.25) is 4.79 Å². The normalized spacial score (nSPS) is 13.8. The van der Waals surface area contributed by atoms with E-state index in [1.54, 1.807) is 7.11 Å². The van der Waals surface area contributed by atoms with Crippen LogP contribution < -0.4 is 10.1 Å². The van der Waals surface area contributed by atoms with Gasteiger partial charge in [-0.1, -0.05) is 6.07 Å². The second-order valence-corrected chi connectivity index (χ2v) is 4.67. The topological polar surface area (TPSA) is 56.8 Å². The van der Waals surface area contributed by atoms with Gasteiger partial charge in [0.1, 0.15) is 5.75 Å². The standard InChI is InChI=1S/C15H21NO4/c1-18-9-10-19-7-2-8-20-13-5-3-12-4-6-15(17)16-14(12)11-13/h3,5,11H,2,4,6-10H2,1H3,(H,16,17). The molecule has 1 aliphatic rings. The number of fused-ring (bicyclic) bond motifs is 1. The van der Waals surface area contributed by atoms with Crippen molar-refractivity contribution < 1.29 is 19.0 Å². The molecule has 0 aromatic heterocycles. The van der Waals surface area contributed by atoms with Crippen molar-refractivity contribution in [1.29, 1.82) is 0 Å². The van der Waals surface area contributed by atoms with Crippen LogP contribution in [0.5, 0.6) is 5.75 Å². The molecule has 2 rings (SSSR count). The highest BCUT2D eigenvalue weighted by Crippen LogP contribution is 2.27. The van der Waals surface area contributed by atoms with Crippen molar-refractivity contribution in [2.45, 2.75) is 19.3 Å². The Bertz CT molecular complexity index is 447. The van der Waals surface area contributed by atoms with Gasteiger partial charge in [0.25, 0.3) is 0 Å². The molecule has 0 atom stereocenters. The summed E-state index contributed by atoms with van der Waals surface area (Å²) in [6.45, 7) is 2.48. The number of benzene rings is 1. The van der Waals surface area contributed by atoms with Crippen LogP contribution in [0.15, 0.2) is 18.2 Å². The molecular weight excluding hydrogens is 258 g/mol. The van der Waals surface area contributed by atoms with Gasteiger partial charge in [-0.05, 0) is 18.1 Å². The van der Waals surface area contributed by atoms with Gasteiger partial charge in [-0.2, -0.15) is 0 Å². The van der Waals surface area contributed by atoms with Crippen LogP contribution in [0.25, 0.3) is 0 Å². The van der Waals surface area contributed by atoms with E-state index in [-0.39, 0.29) is 5.91 Å². The minimum absolute atomic E-state index is 0.0705. The predicted molar refractivity (Wildman–Crippen MR) is 76.2 cm³/mol. The number of carbonyl (C=O) groups excluding carboxylic acids is 1. The van der Waals surface area contributed by atoms with Crippen molar-refractivity contribution in [3.05, 3.63) is 23.8 Å². The maximum Gasteiger partial charge on any atom is 0.224 e. The van der Waals surface area contributed by atoms with Crippen molar-refractivity contribution in [1.82, 2.24) is 0 Å². The molecule has 1 amide bonds. The Morgan fingerprint density at radius 1 is 1.15 bits per heavy atom. The number of carbonyl (C=O) groups is 1. The summed E-state index contributed by atoms with van der Waals surface area (Å²) in [5.74, 6) is 0.851. The van der Waals surface area contributed by atoms with E-state index in [1.807, 2.05) is 18.2 Å². The van der Waals surface area contributed by atoms with Gasteiger partial charge in [0.05, 0.1) is 19.8 Å². The minimum Gasteiger partial charge on any atom is -0.493 e. The zero-order valence-electron chi connectivity index (χ0n) is 11.8. The molecule has 1 aliphatic heterocycles. The molecule has 110 valence electrons. The Labute approximate surface area is 119 Å². The average molecular weight is 279 g/mol. The molecule has 0 fully saturated rings. The molecule has 20 heavy (non-hydrogen) atoms. The van der Waals surface area contributed by atoms with E-state index in [1.165, 1.54) is 5.56 Å². The number of ether oxygens (including phenoxy) is 3. The fourth-order valence-corrected chi connectivity index (χ4v) is 2.04. The second kappa shape index (κ2) is 7.87. The number of amides is 1. The smallest absolute Gasteiger partial charge is 0.224 e. The van der Waals surface area contributed by atoms with Crippen molar-refractivity contribution in [2.24, 2.45) is 0 Å². The first-order valence-corrected chi connectivity index (χ1v) is 6.92. The quantitative estimate of drug-likeness (QED) is 0.740. The van der Waals surface area contributed by atoms with E-state index in [2.05, 4.69) is 5.32 Å². The number of methoxy groups -OCH3 is 1. The van der Waals surface area contributed by atoms with E-state index in [4.69, 9.17) is 14.2 Å². The van der Waals surface area contributed by atoms with E-state index < -0.39 is 0 Å². The number of rotatable bonds is 8. The molecule has 1 aromatic rings. The van der Waals surface area contributed by atoms with Gasteiger partial charge in [0, 0.05) is 38.3 Å². The summed E-state index contributed by atoms with van der Waals surface area (Å²) in [5, 5.41) is 2.87. The van der Waals surface area contributed by atoms with Gasteiger partial charge in [0.2, 0.25) is 5.91 Å². The van der Waals surface area contributed by atoms with Crippen LogP contribution in [0.3, 0.4) is 0 Å². The lowest BCUT2D eigenvalue weighted by Crippen LogP contribution is -2.18. The van der Waals surface area contributed by atoms with Crippen molar-refractivity contribution >= 4 is 11.6 Å². The molecular formula is C15H21NO4. The largest absolute Gasteiger partial charge is 0.493 e. The molecule has 0 radical (unpaired) electrons. The van der Waals surface area contributed by atoms with Crippen LogP contribution in [-0.4, -0.2) is 39.4 Å². The number of hydrogen-bond donors (Lipinski definition) is 1. The predicted octanol–water partition coefficient (Wildman–Crippen LogP) is 2.00. The fourth-order valence-electron chi connectivity index (χ4n) is 2.04. The molecule has 5 nitrogen and oxygen atoms in total. The van der Waals surface area contributed by atoms with Crippen LogP contribution in [0, 0.1) is 0 Å². The summed E-state index contributed by atoms with van der Waals surface area (Å²) in [7, 11) is 1.65. The summed E-state index contributed by atoms with van der Waals surface area (Å²) in [4.78, 5) is 11.3. The Kier molecular flexibility index (Phi) is 5.83. The molecule has 0 spiro atoms. The maximum absolute atomic E-state index is 11.3. The highest BCUT2D eigenvalue weighted by Gasteiger charge is 2.14. The van der Waals surface area contributed by atoms with Gasteiger partial charge in [-0.25, -0.2) is 0 Å². The summed E-state index contributed by atoms with van der Waals surface area (Å²) in [5.41, 5.74) is 2.04. The van der Waals surface area contributed by atoms with Gasteiger partial charge < -0.3 is 19.5 Å². The maximum atomic E-state index is 11.3. The number of hydrogen-bond acceptors (Lipinski definition) is 4. The first-order chi connectivity index (χ1) is 9.79. The zero-order valence-corrected chi connectivity index (χ0v) is 11.8. The third-order valence-electron chi connectivity index (χ3n) is 3.11. The van der Waals surface area contributed by atoms with E-state index in [9.17, 15) is 4.79 Å². The third-order valence-corrected chi connectivity index (χ3v) is 3.11. The van der Waals surface area contributed by atoms with Crippen LogP contribution in [-0.2, 0) is 20.7 Å². The Morgan fingerprint density at radius 2 is 2.05 bits per heavy atom. The van der Waals surface area contributed by atoms with Crippen LogP contribution in [0.1, 0.15) is 18.4 Å². The fraction of sp³-hybridized carbons (Fsp3) is 0.533. The Balaban J connectivity index is 1.71. The van der Waals surface area contributed by atoms with E-state index >= 15 is 0 Å². The number of anilines is 1. The lowest BCUT2D eigenvalue weighted by atomic mass is 10.0. The molecule has 1 aromatic carbocycles. The second-order valence-electron chi connectivity index (χ2n) is 4.67. The van der Waals surface area contributed by atoms with E-state index in [0.717, 1.165) is 24.3 Å². The van der Waals surface area contributed by atoms with Crippen LogP contribution >= 0.6 is 0 Å². The molecule has 1 N–H and O–H groups in total. The highest BCUT2D eigenvalue weighted by molar-refractivity contribution is 5.94. The number of nitrogens with one attached hydrogen (secondary N) is 1. The number of aryl methyl sites for hydroxylation is 1. The van der Waals surface area contributed by atoms with Crippen LogP contribution in [0.2, 0.25) is 0 Å². The first kappa shape index (κ1) is 14.8. The molecule has 0 aliphatic carbocycles. The lowest BCUT2D eigenvalue weighted by Gasteiger charge is -2.17. The molecule has 1 heterocycles. The third kappa shape index (κ3) is 4.51. The SMILES string of the molecule is COCCOCCCOc1ccc2c(c1)NC(=O)CC2. The van der Waals surface area contributed by atoms with E-state index in [0.29, 0.717) is 32.8 Å². The first-order valence-electron chi connectivity index (χ1n) is 6.92.